The molecule has 0 bridgehead atoms. The van der Waals surface area contributed by atoms with Crippen LogP contribution in [0.15, 0.2) is 0 Å². The van der Waals surface area contributed by atoms with Gasteiger partial charge in [0.2, 0.25) is 6.43 Å². The molecule has 1 aliphatic rings. The van der Waals surface area contributed by atoms with Gasteiger partial charge in [-0.15, -0.1) is 0 Å². The molecule has 0 amide bonds. The predicted molar refractivity (Wildman–Crippen MR) is 46.4 cm³/mol. The number of rotatable bonds is 2. The molecule has 0 spiro atoms. The van der Waals surface area contributed by atoms with Gasteiger partial charge in [0.1, 0.15) is 0 Å². The molecule has 0 aromatic carbocycles. The number of halogens is 2. The zero-order valence-electron chi connectivity index (χ0n) is 8.16. The van der Waals surface area contributed by atoms with Gasteiger partial charge >= 0.3 is 0 Å². The van der Waals surface area contributed by atoms with Crippen molar-refractivity contribution in [2.75, 3.05) is 0 Å². The molecular formula is C10H18F2. The van der Waals surface area contributed by atoms with Crippen LogP contribution in [-0.2, 0) is 0 Å². The second kappa shape index (κ2) is 2.97. The quantitative estimate of drug-likeness (QED) is 0.599. The van der Waals surface area contributed by atoms with Gasteiger partial charge in [-0.05, 0) is 23.7 Å². The Hall–Kier alpha value is -0.140. The van der Waals surface area contributed by atoms with Crippen LogP contribution in [-0.4, -0.2) is 6.43 Å². The van der Waals surface area contributed by atoms with E-state index < -0.39 is 6.43 Å². The lowest BCUT2D eigenvalue weighted by Gasteiger charge is -2.52. The molecule has 0 unspecified atom stereocenters. The van der Waals surface area contributed by atoms with Crippen molar-refractivity contribution in [2.24, 2.45) is 10.8 Å². The van der Waals surface area contributed by atoms with Gasteiger partial charge in [-0.1, -0.05) is 27.2 Å². The monoisotopic (exact) mass is 176 g/mol. The van der Waals surface area contributed by atoms with Crippen LogP contribution in [0.5, 0.6) is 0 Å². The summed E-state index contributed by atoms with van der Waals surface area (Å²) >= 11 is 0. The molecular weight excluding hydrogens is 158 g/mol. The lowest BCUT2D eigenvalue weighted by atomic mass is 9.53. The van der Waals surface area contributed by atoms with E-state index in [1.807, 2.05) is 0 Å². The van der Waals surface area contributed by atoms with Gasteiger partial charge in [0.15, 0.2) is 0 Å². The van der Waals surface area contributed by atoms with E-state index in [-0.39, 0.29) is 17.3 Å². The summed E-state index contributed by atoms with van der Waals surface area (Å²) in [6.07, 6.45) is 1.06. The molecule has 0 aromatic heterocycles. The summed E-state index contributed by atoms with van der Waals surface area (Å²) < 4.78 is 24.6. The highest BCUT2D eigenvalue weighted by molar-refractivity contribution is 4.96. The van der Waals surface area contributed by atoms with Gasteiger partial charge in [-0.25, -0.2) is 8.78 Å². The molecule has 1 saturated carbocycles. The van der Waals surface area contributed by atoms with Crippen molar-refractivity contribution in [3.8, 4) is 0 Å². The first-order valence-electron chi connectivity index (χ1n) is 4.66. The molecule has 0 radical (unpaired) electrons. The lowest BCUT2D eigenvalue weighted by molar-refractivity contribution is -0.0576. The maximum Gasteiger partial charge on any atom is 0.239 e. The van der Waals surface area contributed by atoms with E-state index in [1.165, 1.54) is 0 Å². The van der Waals surface area contributed by atoms with Crippen LogP contribution in [0.2, 0.25) is 0 Å². The normalized spacial score (nSPS) is 22.5. The molecule has 0 nitrogen and oxygen atoms in total. The Morgan fingerprint density at radius 2 is 1.75 bits per heavy atom. The third kappa shape index (κ3) is 1.62. The summed E-state index contributed by atoms with van der Waals surface area (Å²) in [5.74, 6) is 0. The summed E-state index contributed by atoms with van der Waals surface area (Å²) in [6, 6.07) is 0. The van der Waals surface area contributed by atoms with Crippen LogP contribution in [0.25, 0.3) is 0 Å². The van der Waals surface area contributed by atoms with Crippen LogP contribution in [0.3, 0.4) is 0 Å². The highest BCUT2D eigenvalue weighted by Gasteiger charge is 2.47. The molecule has 1 fully saturated rings. The molecule has 0 N–H and O–H groups in total. The number of hydrogen-bond donors (Lipinski definition) is 0. The smallest absolute Gasteiger partial charge is 0.211 e. The van der Waals surface area contributed by atoms with Crippen LogP contribution in [0.1, 0.15) is 46.5 Å². The summed E-state index contributed by atoms with van der Waals surface area (Å²) in [5.41, 5.74) is -0.0250. The van der Waals surface area contributed by atoms with E-state index in [2.05, 4.69) is 20.8 Å². The minimum atomic E-state index is -2.13. The van der Waals surface area contributed by atoms with Crippen LogP contribution in [0, 0.1) is 10.8 Å². The number of hydrogen-bond acceptors (Lipinski definition) is 0. The minimum Gasteiger partial charge on any atom is -0.211 e. The zero-order chi connectivity index (χ0) is 9.41. The SMILES string of the molecule is CC(C)(C)C1(CC(F)F)CCC1. The van der Waals surface area contributed by atoms with E-state index in [1.54, 1.807) is 0 Å². The van der Waals surface area contributed by atoms with Crippen molar-refractivity contribution in [2.45, 2.75) is 52.9 Å². The van der Waals surface area contributed by atoms with Crippen molar-refractivity contribution in [3.05, 3.63) is 0 Å². The van der Waals surface area contributed by atoms with Crippen LogP contribution < -0.4 is 0 Å². The molecule has 2 heteroatoms. The van der Waals surface area contributed by atoms with E-state index in [4.69, 9.17) is 0 Å². The molecule has 72 valence electrons. The van der Waals surface area contributed by atoms with Crippen LogP contribution in [0.4, 0.5) is 8.78 Å². The highest BCUT2D eigenvalue weighted by atomic mass is 19.3. The van der Waals surface area contributed by atoms with Crippen molar-refractivity contribution >= 4 is 0 Å². The van der Waals surface area contributed by atoms with Gasteiger partial charge in [0.25, 0.3) is 0 Å². The average Bonchev–Trinajstić information content (AvgIpc) is 1.74. The fraction of sp³-hybridized carbons (Fsp3) is 1.00. The third-order valence-electron chi connectivity index (χ3n) is 3.45. The fourth-order valence-corrected chi connectivity index (χ4v) is 2.16. The maximum atomic E-state index is 12.3. The largest absolute Gasteiger partial charge is 0.239 e. The topological polar surface area (TPSA) is 0 Å². The molecule has 1 rings (SSSR count). The summed E-state index contributed by atoms with van der Waals surface area (Å²) in [4.78, 5) is 0. The summed E-state index contributed by atoms with van der Waals surface area (Å²) in [7, 11) is 0. The highest BCUT2D eigenvalue weighted by Crippen LogP contribution is 2.56. The van der Waals surface area contributed by atoms with E-state index in [0.29, 0.717) is 0 Å². The van der Waals surface area contributed by atoms with Gasteiger partial charge in [0, 0.05) is 6.42 Å². The molecule has 0 atom stereocenters. The molecule has 1 aliphatic carbocycles. The predicted octanol–water partition coefficient (Wildman–Crippen LogP) is 3.86. The molecule has 0 heterocycles. The Morgan fingerprint density at radius 1 is 1.25 bits per heavy atom. The first-order valence-corrected chi connectivity index (χ1v) is 4.66. The molecule has 0 saturated heterocycles. The fourth-order valence-electron chi connectivity index (χ4n) is 2.16. The van der Waals surface area contributed by atoms with Crippen molar-refractivity contribution in [1.82, 2.24) is 0 Å². The number of alkyl halides is 2. The van der Waals surface area contributed by atoms with Gasteiger partial charge in [-0.2, -0.15) is 0 Å². The second-order valence-electron chi connectivity index (χ2n) is 4.98. The van der Waals surface area contributed by atoms with E-state index in [0.717, 1.165) is 19.3 Å². The standard InChI is InChI=1S/C10H18F2/c1-9(2,3)10(5-4-6-10)7-8(11)12/h8H,4-7H2,1-3H3. The second-order valence-corrected chi connectivity index (χ2v) is 4.98. The van der Waals surface area contributed by atoms with Crippen molar-refractivity contribution in [3.63, 3.8) is 0 Å². The average molecular weight is 176 g/mol. The Kier molecular flexibility index (Phi) is 2.46. The van der Waals surface area contributed by atoms with Gasteiger partial charge in [0.05, 0.1) is 0 Å². The zero-order valence-corrected chi connectivity index (χ0v) is 8.16. The van der Waals surface area contributed by atoms with E-state index >= 15 is 0 Å². The maximum absolute atomic E-state index is 12.3. The van der Waals surface area contributed by atoms with E-state index in [9.17, 15) is 8.78 Å². The first-order chi connectivity index (χ1) is 5.37. The Labute approximate surface area is 73.3 Å². The third-order valence-corrected chi connectivity index (χ3v) is 3.45. The Bertz CT molecular complexity index is 152. The van der Waals surface area contributed by atoms with Gasteiger partial charge in [-0.3, -0.25) is 0 Å². The van der Waals surface area contributed by atoms with Gasteiger partial charge < -0.3 is 0 Å². The lowest BCUT2D eigenvalue weighted by Crippen LogP contribution is -2.43. The van der Waals surface area contributed by atoms with Crippen molar-refractivity contribution in [1.29, 1.82) is 0 Å². The summed E-state index contributed by atoms with van der Waals surface area (Å²) in [5, 5.41) is 0. The molecule has 0 aromatic rings. The Morgan fingerprint density at radius 3 is 1.83 bits per heavy atom. The molecule has 0 aliphatic heterocycles. The summed E-state index contributed by atoms with van der Waals surface area (Å²) in [6.45, 7) is 6.23. The van der Waals surface area contributed by atoms with Crippen LogP contribution >= 0.6 is 0 Å². The minimum absolute atomic E-state index is 0.0433. The van der Waals surface area contributed by atoms with Crippen molar-refractivity contribution < 1.29 is 8.78 Å². The molecule has 12 heavy (non-hydrogen) atoms. The Balaban J connectivity index is 2.63. The first kappa shape index (κ1) is 9.94.